The molecule has 0 amide bonds. The van der Waals surface area contributed by atoms with Gasteiger partial charge in [0.1, 0.15) is 0 Å². The molecule has 5 aromatic carbocycles. The molecule has 137 heavy (non-hydrogen) atoms. The van der Waals surface area contributed by atoms with Crippen LogP contribution in [0.3, 0.4) is 0 Å². The zero-order valence-corrected chi connectivity index (χ0v) is 146. The predicted octanol–water partition coefficient (Wildman–Crippen LogP) is 9.53. The van der Waals surface area contributed by atoms with Gasteiger partial charge in [-0.25, -0.2) is 0 Å². The van der Waals surface area contributed by atoms with Crippen LogP contribution in [0.25, 0.3) is 42.4 Å². The van der Waals surface area contributed by atoms with Gasteiger partial charge in [0.2, 0.25) is 0 Å². The van der Waals surface area contributed by atoms with Crippen LogP contribution < -0.4 is 5.32 Å². The lowest BCUT2D eigenvalue weighted by atomic mass is 9.81. The molecule has 6 aromatic rings. The standard InChI is InChI=1S/C33H25NS.S102/c1-33(2)27-16-5-3-12-24(27)25-15-8-17-28(32(25)33)34-22-11-7-10-21(20-22)23-14-9-19-30-31(23)26-13-4-6-18-29(26)35-30;1-3-5-7-9-11-13-15-17-19-21-23-25-27-29-31-33-35-37-39-41-43-45-47-49-51-53-55-57-59-61-63-65-67-69-71-73-75-77-79-81-83-85-87-89-91-93-95-97-99-101-102-100-98-96-94-92-90-88-86-84-82-80-78-76-74-72-70-68-66-64-62-60-58-56-54-52-50-48-46-44-42-40-38-36-34-32-30-28-26-24-22-20-18-16-14-12-10-8-6-4-2/h3-20,34H,1-2H3;. The van der Waals surface area contributed by atoms with Gasteiger partial charge in [0.25, 0.3) is 0 Å². The average molecular weight is 3740 g/mol. The molecule has 1 aromatic heterocycles. The topological polar surface area (TPSA) is 12.0 Å². The van der Waals surface area contributed by atoms with Crippen molar-refractivity contribution in [3.05, 3.63) is 120 Å². The quantitative estimate of drug-likeness (QED) is 0.190. The van der Waals surface area contributed by atoms with Crippen LogP contribution in [-0.4, -0.2) is 0 Å². The highest BCUT2D eigenvalue weighted by Crippen LogP contribution is 2.52. The van der Waals surface area contributed by atoms with E-state index < -0.39 is 0 Å². The molecule has 0 saturated carbocycles. The van der Waals surface area contributed by atoms with Gasteiger partial charge in [-0.3, -0.25) is 0 Å². The molecular weight excluding hydrogens is 3710 g/mol. The summed E-state index contributed by atoms with van der Waals surface area (Å²) in [7, 11) is 181. The minimum absolute atomic E-state index is 0.0473. The van der Waals surface area contributed by atoms with E-state index in [0.717, 1.165) is 5.69 Å². The summed E-state index contributed by atoms with van der Waals surface area (Å²) in [5.74, 6) is 0. The zero-order valence-electron chi connectivity index (χ0n) is 61.4. The fraction of sp³-hybridized carbons (Fsp3) is 0.0909. The molecule has 104 heteroatoms. The highest BCUT2D eigenvalue weighted by atomic mass is 33.6. The van der Waals surface area contributed by atoms with E-state index in [9.17, 15) is 0 Å². The van der Waals surface area contributed by atoms with Crippen molar-refractivity contribution in [2.45, 2.75) is 19.3 Å². The predicted molar refractivity (Wildman–Crippen MR) is 903 cm³/mol. The van der Waals surface area contributed by atoms with Gasteiger partial charge in [0, 0.05) is 947 Å². The summed E-state index contributed by atoms with van der Waals surface area (Å²) in [5.41, 5.74) is 10.2. The minimum Gasteiger partial charge on any atom is -0.355 e. The maximum Gasteiger partial charge on any atom is 0.0431 e. The summed E-state index contributed by atoms with van der Waals surface area (Å²) in [5, 5.41) is 6.47. The first-order chi connectivity index (χ1) is 68.0. The van der Waals surface area contributed by atoms with Gasteiger partial charge < -0.3 is 5.32 Å². The van der Waals surface area contributed by atoms with E-state index in [2.05, 4.69) is 128 Å². The highest BCUT2D eigenvalue weighted by Gasteiger charge is 2.37. The van der Waals surface area contributed by atoms with E-state index >= 15 is 0 Å². The maximum absolute atomic E-state index is 4.83. The number of hydrogen-bond acceptors (Lipinski definition) is 4. The zero-order chi connectivity index (χ0) is 96.3. The average Bonchev–Trinajstić information content (AvgIpc) is 1.57. The largest absolute Gasteiger partial charge is 0.355 e. The molecule has 0 radical (unpaired) electrons. The van der Waals surface area contributed by atoms with E-state index in [4.69, 9.17) is 22.4 Å². The Labute approximate surface area is 1090 Å². The van der Waals surface area contributed by atoms with E-state index in [1.165, 1.54) is 77.0 Å². The third-order valence-corrected chi connectivity index (χ3v) is 231. The molecule has 0 atom stereocenters. The summed E-state index contributed by atoms with van der Waals surface area (Å²) in [4.78, 5) is 0. The molecule has 1 aliphatic carbocycles. The number of rotatable bonds is 3. The summed E-state index contributed by atoms with van der Waals surface area (Å²) >= 11 is 11.5. The second-order valence-corrected chi connectivity index (χ2v) is 195. The van der Waals surface area contributed by atoms with Crippen molar-refractivity contribution in [2.75, 3.05) is 5.32 Å². The molecule has 1 aliphatic rings. The number of nitrogens with one attached hydrogen (secondary N) is 1. The Morgan fingerprint density at radius 3 is 0.664 bits per heavy atom. The van der Waals surface area contributed by atoms with Crippen molar-refractivity contribution >= 4 is 953 Å². The smallest absolute Gasteiger partial charge is 0.0431 e. The molecule has 0 unspecified atom stereocenters. The van der Waals surface area contributed by atoms with Gasteiger partial charge in [-0.1, -0.05) is 92.7 Å². The van der Waals surface area contributed by atoms with Crippen molar-refractivity contribution in [1.29, 1.82) is 0 Å². The van der Waals surface area contributed by atoms with Gasteiger partial charge >= 0.3 is 0 Å². The third-order valence-electron chi connectivity index (χ3n) is 10.2. The van der Waals surface area contributed by atoms with Crippen molar-refractivity contribution in [3.8, 4) is 22.3 Å². The molecule has 780 valence electrons. The Bertz CT molecular complexity index is 10500. The van der Waals surface area contributed by atoms with Crippen LogP contribution in [-0.2, 0) is 916 Å². The van der Waals surface area contributed by atoms with Gasteiger partial charge in [-0.05, 0) is 63.7 Å². The summed E-state index contributed by atoms with van der Waals surface area (Å²) in [6.07, 6.45) is 0. The fourth-order valence-electron chi connectivity index (χ4n) is 7.00. The number of hydrogen-bond donors (Lipinski definition) is 1. The van der Waals surface area contributed by atoms with Crippen molar-refractivity contribution < 1.29 is 0 Å². The Morgan fingerprint density at radius 1 is 0.197 bits per heavy atom. The van der Waals surface area contributed by atoms with Crippen LogP contribution in [0.15, 0.2) is 109 Å². The van der Waals surface area contributed by atoms with Crippen LogP contribution in [0, 0.1) is 0 Å². The van der Waals surface area contributed by atoms with Gasteiger partial charge in [0.05, 0.1) is 0 Å². The molecule has 0 spiro atoms. The van der Waals surface area contributed by atoms with Crippen LogP contribution in [0.2, 0.25) is 0 Å². The Kier molecular flexibility index (Phi) is 118. The summed E-state index contributed by atoms with van der Waals surface area (Å²) < 4.78 is 2.67. The Hall–Kier alpha value is 18.6. The first kappa shape index (κ1) is 144. The molecule has 1 N–H and O–H groups in total. The molecular formula is C33H25NS103. The highest BCUT2D eigenvalue weighted by molar-refractivity contribution is 8.87. The van der Waals surface area contributed by atoms with Crippen LogP contribution >= 0.6 is 11.3 Å². The molecule has 0 fully saturated rings. The van der Waals surface area contributed by atoms with Gasteiger partial charge in [-0.15, -0.1) is 11.3 Å². The second-order valence-electron chi connectivity index (χ2n) is 16.7. The van der Waals surface area contributed by atoms with E-state index in [0.29, 0.717) is 0 Å². The van der Waals surface area contributed by atoms with Crippen molar-refractivity contribution in [1.82, 2.24) is 0 Å². The van der Waals surface area contributed by atoms with Gasteiger partial charge in [-0.2, -0.15) is 0 Å². The fourth-order valence-corrected chi connectivity index (χ4v) is 277. The van der Waals surface area contributed by atoms with Crippen molar-refractivity contribution in [2.24, 2.45) is 0 Å². The Morgan fingerprint density at radius 2 is 0.401 bits per heavy atom. The number of thiophene rings is 1. The second kappa shape index (κ2) is 112. The maximum atomic E-state index is 4.83. The van der Waals surface area contributed by atoms with E-state index in [1.54, 1.807) is 107 Å². The van der Waals surface area contributed by atoms with Crippen molar-refractivity contribution in [3.63, 3.8) is 0 Å². The SMILES string of the molecule is CC1(C)c2ccccc2-c2cccc(Nc3cccc(-c4cccc5sc6ccccc6c45)c3)c21.S=S=S=S=S=S=S=S=S=S=S=S=S=S=S=S=S=S=S=S=S=S=S=S=S=S=S=S=S=S=S=S=S=S=S=S=S=S=S=S=S=S=S=S=S=S=S=S=S=S=S=S=S=S=S=S=S=S=S=S=S=S=S=S=S=S=S=S=S=S=S=S=S=S=S=S=S=S=S=S=S=S=S=S=S=S=S=S=S=S=S=S=S=S=S=S=S=S=S=S=S=S. The third kappa shape index (κ3) is 81.9. The lowest BCUT2D eigenvalue weighted by molar-refractivity contribution is 0.662. The minimum atomic E-state index is -0.0473. The molecule has 1 nitrogen and oxygen atoms in total. The first-order valence-corrected chi connectivity index (χ1v) is 164. The monoisotopic (exact) mass is 3730 g/mol. The molecule has 1 heterocycles. The summed E-state index contributed by atoms with van der Waals surface area (Å²) in [6, 6.07) is 39.7. The number of fused-ring (bicyclic) bond motifs is 6. The van der Waals surface area contributed by atoms with Gasteiger partial charge in [0.15, 0.2) is 0 Å². The molecule has 0 saturated heterocycles. The number of benzene rings is 5. The summed E-state index contributed by atoms with van der Waals surface area (Å²) in [6.45, 7) is 4.67. The van der Waals surface area contributed by atoms with E-state index in [1.807, 2.05) is 775 Å². The lowest BCUT2D eigenvalue weighted by Crippen LogP contribution is -2.16. The van der Waals surface area contributed by atoms with E-state index in [-0.39, 0.29) is 5.41 Å². The molecule has 7 rings (SSSR count). The van der Waals surface area contributed by atoms with Crippen LogP contribution in [0.4, 0.5) is 11.4 Å². The first-order valence-electron chi connectivity index (χ1n) is 29.0. The molecule has 0 aliphatic heterocycles. The Balaban J connectivity index is 0.000000667. The van der Waals surface area contributed by atoms with Crippen LogP contribution in [0.1, 0.15) is 25.0 Å². The number of anilines is 2. The lowest BCUT2D eigenvalue weighted by Gasteiger charge is -2.25. The normalized spacial score (nSPS) is 9.36. The van der Waals surface area contributed by atoms with Crippen LogP contribution in [0.5, 0.6) is 0 Å². The molecule has 0 bridgehead atoms.